The predicted octanol–water partition coefficient (Wildman–Crippen LogP) is 2.64. The number of ether oxygens (including phenoxy) is 1. The molecule has 0 unspecified atom stereocenters. The second-order valence-electron chi connectivity index (χ2n) is 4.99. The molecule has 0 spiro atoms. The Morgan fingerprint density at radius 3 is 2.89 bits per heavy atom. The van der Waals surface area contributed by atoms with E-state index in [9.17, 15) is 4.79 Å². The molecule has 19 heavy (non-hydrogen) atoms. The number of piperidine rings is 1. The number of aromatic nitrogens is 1. The topological polar surface area (TPSA) is 42.4 Å². The van der Waals surface area contributed by atoms with Crippen LogP contribution < -0.4 is 4.74 Å². The lowest BCUT2D eigenvalue weighted by molar-refractivity contribution is -0.133. The number of likely N-dealkylation sites (tertiary alicyclic amines) is 1. The first-order chi connectivity index (χ1) is 9.29. The van der Waals surface area contributed by atoms with Gasteiger partial charge in [0.25, 0.3) is 0 Å². The van der Waals surface area contributed by atoms with Gasteiger partial charge in [-0.1, -0.05) is 13.3 Å². The van der Waals surface area contributed by atoms with Crippen LogP contribution in [0.3, 0.4) is 0 Å². The van der Waals surface area contributed by atoms with E-state index in [0.29, 0.717) is 12.3 Å². The van der Waals surface area contributed by atoms with Crippen molar-refractivity contribution in [3.8, 4) is 5.75 Å². The molecule has 1 aliphatic heterocycles. The molecule has 1 aliphatic rings. The summed E-state index contributed by atoms with van der Waals surface area (Å²) in [5, 5.41) is 0. The van der Waals surface area contributed by atoms with Gasteiger partial charge in [0.05, 0.1) is 6.20 Å². The van der Waals surface area contributed by atoms with Gasteiger partial charge in [0.1, 0.15) is 11.9 Å². The zero-order valence-electron chi connectivity index (χ0n) is 11.5. The van der Waals surface area contributed by atoms with E-state index in [1.54, 1.807) is 12.4 Å². The van der Waals surface area contributed by atoms with Crippen LogP contribution >= 0.6 is 0 Å². The van der Waals surface area contributed by atoms with Crippen molar-refractivity contribution in [1.82, 2.24) is 9.88 Å². The zero-order valence-corrected chi connectivity index (χ0v) is 11.5. The van der Waals surface area contributed by atoms with E-state index in [1.807, 2.05) is 17.0 Å². The summed E-state index contributed by atoms with van der Waals surface area (Å²) in [6.45, 7) is 3.74. The summed E-state index contributed by atoms with van der Waals surface area (Å²) < 4.78 is 5.86. The molecule has 2 rings (SSSR count). The Morgan fingerprint density at radius 2 is 2.26 bits per heavy atom. The first-order valence-electron chi connectivity index (χ1n) is 7.14. The first kappa shape index (κ1) is 13.8. The Balaban J connectivity index is 1.75. The zero-order chi connectivity index (χ0) is 13.5. The highest BCUT2D eigenvalue weighted by atomic mass is 16.5. The lowest BCUT2D eigenvalue weighted by Gasteiger charge is -2.32. The summed E-state index contributed by atoms with van der Waals surface area (Å²) in [5.74, 6) is 1.11. The van der Waals surface area contributed by atoms with Crippen LogP contribution in [0.2, 0.25) is 0 Å². The molecule has 0 N–H and O–H groups in total. The molecule has 1 amide bonds. The maximum Gasteiger partial charge on any atom is 0.222 e. The Labute approximate surface area is 114 Å². The largest absolute Gasteiger partial charge is 0.489 e. The van der Waals surface area contributed by atoms with Crippen molar-refractivity contribution in [2.75, 3.05) is 13.1 Å². The van der Waals surface area contributed by atoms with Gasteiger partial charge in [-0.15, -0.1) is 0 Å². The Kier molecular flexibility index (Phi) is 5.19. The number of rotatable bonds is 5. The number of unbranched alkanes of at least 4 members (excludes halogenated alkanes) is 1. The number of amides is 1. The van der Waals surface area contributed by atoms with Gasteiger partial charge in [0.15, 0.2) is 0 Å². The maximum atomic E-state index is 11.9. The first-order valence-corrected chi connectivity index (χ1v) is 7.14. The molecule has 1 saturated heterocycles. The van der Waals surface area contributed by atoms with Gasteiger partial charge in [-0.3, -0.25) is 9.78 Å². The average Bonchev–Trinajstić information content (AvgIpc) is 2.46. The monoisotopic (exact) mass is 262 g/mol. The minimum atomic E-state index is 0.208. The van der Waals surface area contributed by atoms with Crippen LogP contribution in [0.25, 0.3) is 0 Å². The van der Waals surface area contributed by atoms with Crippen molar-refractivity contribution < 1.29 is 9.53 Å². The fourth-order valence-corrected chi connectivity index (χ4v) is 2.32. The molecule has 0 atom stereocenters. The summed E-state index contributed by atoms with van der Waals surface area (Å²) in [6.07, 6.45) is 8.25. The Hall–Kier alpha value is -1.58. The normalized spacial score (nSPS) is 16.4. The van der Waals surface area contributed by atoms with Crippen molar-refractivity contribution in [2.24, 2.45) is 0 Å². The van der Waals surface area contributed by atoms with Crippen molar-refractivity contribution >= 4 is 5.91 Å². The van der Waals surface area contributed by atoms with Gasteiger partial charge < -0.3 is 9.64 Å². The number of carbonyl (C=O) groups is 1. The lowest BCUT2D eigenvalue weighted by Crippen LogP contribution is -2.41. The fourth-order valence-electron chi connectivity index (χ4n) is 2.32. The smallest absolute Gasteiger partial charge is 0.222 e. The molecule has 1 fully saturated rings. The molecule has 2 heterocycles. The van der Waals surface area contributed by atoms with Crippen LogP contribution in [0.1, 0.15) is 39.0 Å². The molecular weight excluding hydrogens is 240 g/mol. The fraction of sp³-hybridized carbons (Fsp3) is 0.600. The number of carbonyl (C=O) groups excluding carboxylic acids is 1. The Morgan fingerprint density at radius 1 is 1.47 bits per heavy atom. The second kappa shape index (κ2) is 7.12. The van der Waals surface area contributed by atoms with Gasteiger partial charge in [0.2, 0.25) is 5.91 Å². The molecule has 1 aromatic heterocycles. The molecule has 0 aromatic carbocycles. The summed E-state index contributed by atoms with van der Waals surface area (Å²) in [7, 11) is 0. The van der Waals surface area contributed by atoms with Crippen LogP contribution in [0.4, 0.5) is 0 Å². The van der Waals surface area contributed by atoms with E-state index in [4.69, 9.17) is 4.74 Å². The van der Waals surface area contributed by atoms with Crippen LogP contribution in [0, 0.1) is 0 Å². The molecule has 104 valence electrons. The summed E-state index contributed by atoms with van der Waals surface area (Å²) in [5.41, 5.74) is 0. The van der Waals surface area contributed by atoms with Crippen LogP contribution in [-0.2, 0) is 4.79 Å². The molecule has 0 bridgehead atoms. The maximum absolute atomic E-state index is 11.9. The molecule has 4 nitrogen and oxygen atoms in total. The molecule has 0 aliphatic carbocycles. The predicted molar refractivity (Wildman–Crippen MR) is 74.0 cm³/mol. The van der Waals surface area contributed by atoms with Gasteiger partial charge in [-0.25, -0.2) is 0 Å². The molecule has 0 radical (unpaired) electrons. The third-order valence-electron chi connectivity index (χ3n) is 3.48. The number of pyridine rings is 1. The van der Waals surface area contributed by atoms with Crippen molar-refractivity contribution in [1.29, 1.82) is 0 Å². The highest BCUT2D eigenvalue weighted by Crippen LogP contribution is 2.18. The lowest BCUT2D eigenvalue weighted by atomic mass is 10.1. The minimum absolute atomic E-state index is 0.208. The third kappa shape index (κ3) is 4.23. The van der Waals surface area contributed by atoms with E-state index in [-0.39, 0.29) is 6.10 Å². The van der Waals surface area contributed by atoms with Crippen LogP contribution in [0.5, 0.6) is 5.75 Å². The van der Waals surface area contributed by atoms with Crippen molar-refractivity contribution in [3.63, 3.8) is 0 Å². The van der Waals surface area contributed by atoms with Crippen LogP contribution in [-0.4, -0.2) is 35.0 Å². The molecular formula is C15H22N2O2. The van der Waals surface area contributed by atoms with Gasteiger partial charge in [0, 0.05) is 38.5 Å². The summed E-state index contributed by atoms with van der Waals surface area (Å²) in [6, 6.07) is 3.80. The molecule has 4 heteroatoms. The van der Waals surface area contributed by atoms with Gasteiger partial charge >= 0.3 is 0 Å². The van der Waals surface area contributed by atoms with Crippen molar-refractivity contribution in [2.45, 2.75) is 45.1 Å². The molecule has 0 saturated carbocycles. The number of hydrogen-bond acceptors (Lipinski definition) is 3. The van der Waals surface area contributed by atoms with Gasteiger partial charge in [-0.05, 0) is 18.6 Å². The number of hydrogen-bond donors (Lipinski definition) is 0. The standard InChI is InChI=1S/C15H22N2O2/c1-2-3-6-15(18)17-10-7-13(8-11-17)19-14-5-4-9-16-12-14/h4-5,9,12-13H,2-3,6-8,10-11H2,1H3. The van der Waals surface area contributed by atoms with E-state index in [0.717, 1.165) is 44.5 Å². The highest BCUT2D eigenvalue weighted by Gasteiger charge is 2.23. The molecule has 1 aromatic rings. The summed E-state index contributed by atoms with van der Waals surface area (Å²) in [4.78, 5) is 17.9. The van der Waals surface area contributed by atoms with E-state index in [2.05, 4.69) is 11.9 Å². The average molecular weight is 262 g/mol. The van der Waals surface area contributed by atoms with Crippen molar-refractivity contribution in [3.05, 3.63) is 24.5 Å². The van der Waals surface area contributed by atoms with E-state index >= 15 is 0 Å². The van der Waals surface area contributed by atoms with E-state index < -0.39 is 0 Å². The SMILES string of the molecule is CCCCC(=O)N1CCC(Oc2cccnc2)CC1. The van der Waals surface area contributed by atoms with E-state index in [1.165, 1.54) is 0 Å². The van der Waals surface area contributed by atoms with Gasteiger partial charge in [-0.2, -0.15) is 0 Å². The Bertz CT molecular complexity index is 386. The minimum Gasteiger partial charge on any atom is -0.489 e. The highest BCUT2D eigenvalue weighted by molar-refractivity contribution is 5.76. The third-order valence-corrected chi connectivity index (χ3v) is 3.48. The second-order valence-corrected chi connectivity index (χ2v) is 4.99. The quantitative estimate of drug-likeness (QED) is 0.819. The van der Waals surface area contributed by atoms with Crippen LogP contribution in [0.15, 0.2) is 24.5 Å². The number of nitrogens with zero attached hydrogens (tertiary/aromatic N) is 2. The summed E-state index contributed by atoms with van der Waals surface area (Å²) >= 11 is 0.